The third-order valence-corrected chi connectivity index (χ3v) is 4.23. The number of aromatic nitrogens is 1. The Hall–Kier alpha value is -2.92. The van der Waals surface area contributed by atoms with Crippen molar-refractivity contribution in [2.75, 3.05) is 7.11 Å². The van der Waals surface area contributed by atoms with E-state index in [1.54, 1.807) is 30.3 Å². The minimum Gasteiger partial charge on any atom is -0.467 e. The molecule has 0 aliphatic rings. The number of hydrogen-bond donors (Lipinski definition) is 1. The predicted molar refractivity (Wildman–Crippen MR) is 100 cm³/mol. The number of carbonyl (C=O) groups excluding carboxylic acids is 2. The summed E-state index contributed by atoms with van der Waals surface area (Å²) in [5, 5.41) is 4.25. The SMILES string of the molecule is COC(=O)[C@@H](Cc1ccc(Cl)cc1)NC(=O)c1ccc2ccccc2n1. The van der Waals surface area contributed by atoms with E-state index in [9.17, 15) is 9.59 Å². The fourth-order valence-electron chi connectivity index (χ4n) is 2.62. The molecule has 6 heteroatoms. The van der Waals surface area contributed by atoms with E-state index in [4.69, 9.17) is 16.3 Å². The van der Waals surface area contributed by atoms with Crippen molar-refractivity contribution in [2.24, 2.45) is 0 Å². The first-order valence-corrected chi connectivity index (χ1v) is 8.43. The van der Waals surface area contributed by atoms with E-state index >= 15 is 0 Å². The van der Waals surface area contributed by atoms with Gasteiger partial charge in [0.1, 0.15) is 11.7 Å². The summed E-state index contributed by atoms with van der Waals surface area (Å²) in [6, 6.07) is 17.2. The molecule has 1 N–H and O–H groups in total. The van der Waals surface area contributed by atoms with Crippen molar-refractivity contribution in [1.29, 1.82) is 0 Å². The molecule has 3 aromatic rings. The summed E-state index contributed by atoms with van der Waals surface area (Å²) in [4.78, 5) is 29.0. The van der Waals surface area contributed by atoms with Crippen LogP contribution in [0.2, 0.25) is 5.02 Å². The molecule has 1 aromatic heterocycles. The molecule has 1 amide bonds. The van der Waals surface area contributed by atoms with E-state index in [2.05, 4.69) is 10.3 Å². The molecule has 0 spiro atoms. The number of amides is 1. The number of para-hydroxylation sites is 1. The molecular weight excluding hydrogens is 352 g/mol. The molecule has 0 bridgehead atoms. The Bertz CT molecular complexity index is 941. The summed E-state index contributed by atoms with van der Waals surface area (Å²) in [5.41, 5.74) is 1.82. The maximum atomic E-state index is 12.6. The topological polar surface area (TPSA) is 68.3 Å². The van der Waals surface area contributed by atoms with Crippen LogP contribution in [0, 0.1) is 0 Å². The molecule has 2 aromatic carbocycles. The third-order valence-electron chi connectivity index (χ3n) is 3.98. The van der Waals surface area contributed by atoms with Crippen LogP contribution >= 0.6 is 11.6 Å². The summed E-state index contributed by atoms with van der Waals surface area (Å²) >= 11 is 5.88. The van der Waals surface area contributed by atoms with Crippen molar-refractivity contribution in [3.63, 3.8) is 0 Å². The van der Waals surface area contributed by atoms with Gasteiger partial charge in [0.15, 0.2) is 0 Å². The Labute approximate surface area is 156 Å². The predicted octanol–water partition coefficient (Wildman–Crippen LogP) is 3.40. The molecule has 1 atom stereocenters. The minimum atomic E-state index is -0.818. The van der Waals surface area contributed by atoms with Crippen LogP contribution in [0.5, 0.6) is 0 Å². The van der Waals surface area contributed by atoms with Crippen molar-refractivity contribution in [3.05, 3.63) is 76.9 Å². The Balaban J connectivity index is 1.79. The van der Waals surface area contributed by atoms with Gasteiger partial charge in [-0.1, -0.05) is 48.0 Å². The summed E-state index contributed by atoms with van der Waals surface area (Å²) < 4.78 is 4.82. The van der Waals surface area contributed by atoms with Crippen molar-refractivity contribution in [1.82, 2.24) is 10.3 Å². The zero-order valence-corrected chi connectivity index (χ0v) is 14.9. The van der Waals surface area contributed by atoms with Gasteiger partial charge in [-0.05, 0) is 29.8 Å². The lowest BCUT2D eigenvalue weighted by Crippen LogP contribution is -2.43. The summed E-state index contributed by atoms with van der Waals surface area (Å²) in [6.45, 7) is 0. The van der Waals surface area contributed by atoms with Crippen LogP contribution in [0.1, 0.15) is 16.1 Å². The Morgan fingerprint density at radius 3 is 2.54 bits per heavy atom. The van der Waals surface area contributed by atoms with Gasteiger partial charge in [0.25, 0.3) is 5.91 Å². The number of nitrogens with one attached hydrogen (secondary N) is 1. The Kier molecular flexibility index (Phi) is 5.49. The highest BCUT2D eigenvalue weighted by molar-refractivity contribution is 6.30. The lowest BCUT2D eigenvalue weighted by molar-refractivity contribution is -0.142. The number of halogens is 1. The van der Waals surface area contributed by atoms with Crippen LogP contribution in [0.4, 0.5) is 0 Å². The number of rotatable bonds is 5. The van der Waals surface area contributed by atoms with E-state index in [1.165, 1.54) is 7.11 Å². The van der Waals surface area contributed by atoms with Gasteiger partial charge in [0.2, 0.25) is 0 Å². The fraction of sp³-hybridized carbons (Fsp3) is 0.150. The van der Waals surface area contributed by atoms with Crippen LogP contribution in [0.15, 0.2) is 60.7 Å². The van der Waals surface area contributed by atoms with Gasteiger partial charge in [-0.3, -0.25) is 4.79 Å². The molecule has 5 nitrogen and oxygen atoms in total. The monoisotopic (exact) mass is 368 g/mol. The van der Waals surface area contributed by atoms with Crippen LogP contribution in [-0.4, -0.2) is 30.0 Å². The maximum Gasteiger partial charge on any atom is 0.328 e. The molecule has 0 radical (unpaired) electrons. The molecule has 0 saturated heterocycles. The van der Waals surface area contributed by atoms with Gasteiger partial charge in [-0.15, -0.1) is 0 Å². The van der Waals surface area contributed by atoms with Crippen molar-refractivity contribution in [2.45, 2.75) is 12.5 Å². The Morgan fingerprint density at radius 2 is 1.81 bits per heavy atom. The van der Waals surface area contributed by atoms with Crippen molar-refractivity contribution >= 4 is 34.4 Å². The van der Waals surface area contributed by atoms with Gasteiger partial charge in [-0.2, -0.15) is 0 Å². The average Bonchev–Trinajstić information content (AvgIpc) is 2.68. The lowest BCUT2D eigenvalue weighted by atomic mass is 10.1. The second kappa shape index (κ2) is 7.97. The van der Waals surface area contributed by atoms with Gasteiger partial charge in [0, 0.05) is 16.8 Å². The van der Waals surface area contributed by atoms with Gasteiger partial charge < -0.3 is 10.1 Å². The largest absolute Gasteiger partial charge is 0.467 e. The standard InChI is InChI=1S/C20H17ClN2O3/c1-26-20(25)18(12-13-6-9-15(21)10-7-13)23-19(24)17-11-8-14-4-2-3-5-16(14)22-17/h2-11,18H,12H2,1H3,(H,23,24)/t18-/m1/s1. The van der Waals surface area contributed by atoms with E-state index in [0.29, 0.717) is 17.0 Å². The van der Waals surface area contributed by atoms with E-state index in [-0.39, 0.29) is 5.69 Å². The Morgan fingerprint density at radius 1 is 1.08 bits per heavy atom. The first kappa shape index (κ1) is 17.9. The second-order valence-electron chi connectivity index (χ2n) is 5.77. The summed E-state index contributed by atoms with van der Waals surface area (Å²) in [7, 11) is 1.29. The van der Waals surface area contributed by atoms with E-state index < -0.39 is 17.9 Å². The fourth-order valence-corrected chi connectivity index (χ4v) is 2.74. The zero-order valence-electron chi connectivity index (χ0n) is 14.1. The number of nitrogens with zero attached hydrogens (tertiary/aromatic N) is 1. The number of hydrogen-bond acceptors (Lipinski definition) is 4. The number of esters is 1. The molecular formula is C20H17ClN2O3. The minimum absolute atomic E-state index is 0.244. The summed E-state index contributed by atoms with van der Waals surface area (Å²) in [5.74, 6) is -0.950. The van der Waals surface area contributed by atoms with Crippen molar-refractivity contribution < 1.29 is 14.3 Å². The molecule has 26 heavy (non-hydrogen) atoms. The second-order valence-corrected chi connectivity index (χ2v) is 6.21. The molecule has 132 valence electrons. The number of methoxy groups -OCH3 is 1. The molecule has 1 heterocycles. The average molecular weight is 369 g/mol. The zero-order chi connectivity index (χ0) is 18.5. The number of fused-ring (bicyclic) bond motifs is 1. The molecule has 0 unspecified atom stereocenters. The third kappa shape index (κ3) is 4.18. The highest BCUT2D eigenvalue weighted by Crippen LogP contribution is 2.14. The normalized spacial score (nSPS) is 11.8. The highest BCUT2D eigenvalue weighted by atomic mass is 35.5. The van der Waals surface area contributed by atoms with Crippen molar-refractivity contribution in [3.8, 4) is 0 Å². The van der Waals surface area contributed by atoms with Gasteiger partial charge in [0.05, 0.1) is 12.6 Å². The first-order valence-electron chi connectivity index (χ1n) is 8.06. The number of carbonyl (C=O) groups is 2. The van der Waals surface area contributed by atoms with Crippen LogP contribution in [0.25, 0.3) is 10.9 Å². The first-order chi connectivity index (χ1) is 12.6. The van der Waals surface area contributed by atoms with E-state index in [1.807, 2.05) is 30.3 Å². The quantitative estimate of drug-likeness (QED) is 0.701. The number of pyridine rings is 1. The van der Waals surface area contributed by atoms with Crippen LogP contribution in [-0.2, 0) is 16.0 Å². The smallest absolute Gasteiger partial charge is 0.328 e. The lowest BCUT2D eigenvalue weighted by Gasteiger charge is -2.16. The molecule has 0 fully saturated rings. The van der Waals surface area contributed by atoms with E-state index in [0.717, 1.165) is 10.9 Å². The maximum absolute atomic E-state index is 12.6. The van der Waals surface area contributed by atoms with Gasteiger partial charge >= 0.3 is 5.97 Å². The highest BCUT2D eigenvalue weighted by Gasteiger charge is 2.23. The number of ether oxygens (including phenoxy) is 1. The van der Waals surface area contributed by atoms with Crippen LogP contribution < -0.4 is 5.32 Å². The molecule has 0 aliphatic heterocycles. The molecule has 0 aliphatic carbocycles. The number of benzene rings is 2. The molecule has 0 saturated carbocycles. The van der Waals surface area contributed by atoms with Crippen LogP contribution in [0.3, 0.4) is 0 Å². The molecule has 3 rings (SSSR count). The van der Waals surface area contributed by atoms with Gasteiger partial charge in [-0.25, -0.2) is 9.78 Å². The summed E-state index contributed by atoms with van der Waals surface area (Å²) in [6.07, 6.45) is 0.295.